The Hall–Kier alpha value is -1.18. The molecule has 17 heavy (non-hydrogen) atoms. The zero-order valence-electron chi connectivity index (χ0n) is 11.3. The smallest absolute Gasteiger partial charge is 0.0629 e. The van der Waals surface area contributed by atoms with Crippen LogP contribution in [0.4, 0.5) is 11.4 Å². The van der Waals surface area contributed by atoms with Crippen LogP contribution in [-0.2, 0) is 0 Å². The Balaban J connectivity index is 2.23. The summed E-state index contributed by atoms with van der Waals surface area (Å²) in [5, 5.41) is 0. The minimum atomic E-state index is 0.478. The summed E-state index contributed by atoms with van der Waals surface area (Å²) < 4.78 is 0. The van der Waals surface area contributed by atoms with Crippen molar-refractivity contribution in [2.24, 2.45) is 5.41 Å². The van der Waals surface area contributed by atoms with Gasteiger partial charge >= 0.3 is 0 Å². The van der Waals surface area contributed by atoms with Gasteiger partial charge in [-0.25, -0.2) is 0 Å². The molecule has 1 aliphatic rings. The number of hydrogen-bond donors (Lipinski definition) is 1. The predicted octanol–water partition coefficient (Wildman–Crippen LogP) is 3.59. The molecule has 1 aromatic rings. The summed E-state index contributed by atoms with van der Waals surface area (Å²) in [6, 6.07) is 6.20. The van der Waals surface area contributed by atoms with E-state index in [0.717, 1.165) is 18.8 Å². The number of nitrogen functional groups attached to an aromatic ring is 1. The van der Waals surface area contributed by atoms with E-state index in [1.165, 1.54) is 30.5 Å². The molecule has 2 nitrogen and oxygen atoms in total. The van der Waals surface area contributed by atoms with Crippen molar-refractivity contribution in [3.63, 3.8) is 0 Å². The Morgan fingerprint density at radius 3 is 2.65 bits per heavy atom. The lowest BCUT2D eigenvalue weighted by molar-refractivity contribution is 0.325. The molecule has 0 amide bonds. The number of nitrogens with two attached hydrogens (primary N) is 1. The van der Waals surface area contributed by atoms with Crippen LogP contribution < -0.4 is 10.6 Å². The molecule has 2 N–H and O–H groups in total. The van der Waals surface area contributed by atoms with Gasteiger partial charge in [-0.1, -0.05) is 26.0 Å². The topological polar surface area (TPSA) is 29.3 Å². The second-order valence-electron chi connectivity index (χ2n) is 6.02. The summed E-state index contributed by atoms with van der Waals surface area (Å²) in [7, 11) is 0. The Morgan fingerprint density at radius 1 is 1.18 bits per heavy atom. The molecule has 0 aromatic heterocycles. The van der Waals surface area contributed by atoms with Gasteiger partial charge < -0.3 is 10.6 Å². The highest BCUT2D eigenvalue weighted by atomic mass is 15.1. The zero-order chi connectivity index (χ0) is 12.5. The van der Waals surface area contributed by atoms with Gasteiger partial charge in [-0.15, -0.1) is 0 Å². The molecule has 1 aromatic carbocycles. The highest BCUT2D eigenvalue weighted by molar-refractivity contribution is 5.71. The van der Waals surface area contributed by atoms with E-state index in [2.05, 4.69) is 31.7 Å². The molecule has 0 bridgehead atoms. The molecule has 1 heterocycles. The summed E-state index contributed by atoms with van der Waals surface area (Å²) in [5.41, 5.74) is 10.1. The number of nitrogens with zero attached hydrogens (tertiary/aromatic N) is 1. The van der Waals surface area contributed by atoms with E-state index in [4.69, 9.17) is 5.73 Å². The molecule has 2 heteroatoms. The third-order valence-corrected chi connectivity index (χ3v) is 3.93. The molecule has 0 radical (unpaired) electrons. The van der Waals surface area contributed by atoms with Crippen LogP contribution in [0.2, 0.25) is 0 Å². The van der Waals surface area contributed by atoms with Gasteiger partial charge in [0.15, 0.2) is 0 Å². The normalized spacial score (nSPS) is 20.1. The number of anilines is 2. The first-order valence-corrected chi connectivity index (χ1v) is 6.60. The Labute approximate surface area is 105 Å². The van der Waals surface area contributed by atoms with Gasteiger partial charge in [0.1, 0.15) is 0 Å². The molecule has 0 saturated carbocycles. The third kappa shape index (κ3) is 2.74. The van der Waals surface area contributed by atoms with Gasteiger partial charge in [0, 0.05) is 13.1 Å². The van der Waals surface area contributed by atoms with E-state index in [1.54, 1.807) is 0 Å². The maximum atomic E-state index is 6.13. The summed E-state index contributed by atoms with van der Waals surface area (Å²) in [6.45, 7) is 9.16. The van der Waals surface area contributed by atoms with Crippen LogP contribution in [0.1, 0.15) is 38.7 Å². The lowest BCUT2D eigenvalue weighted by atomic mass is 9.85. The minimum Gasteiger partial charge on any atom is -0.397 e. The summed E-state index contributed by atoms with van der Waals surface area (Å²) in [5.74, 6) is 0. The van der Waals surface area contributed by atoms with Crippen molar-refractivity contribution < 1.29 is 0 Å². The van der Waals surface area contributed by atoms with Crippen molar-refractivity contribution in [3.8, 4) is 0 Å². The van der Waals surface area contributed by atoms with E-state index in [9.17, 15) is 0 Å². The van der Waals surface area contributed by atoms with Gasteiger partial charge in [0.2, 0.25) is 0 Å². The Morgan fingerprint density at radius 2 is 1.94 bits per heavy atom. The summed E-state index contributed by atoms with van der Waals surface area (Å²) in [6.07, 6.45) is 3.83. The molecular formula is C15H24N2. The van der Waals surface area contributed by atoms with Gasteiger partial charge in [-0.2, -0.15) is 0 Å². The fourth-order valence-corrected chi connectivity index (χ4v) is 2.76. The molecule has 0 aliphatic carbocycles. The lowest BCUT2D eigenvalue weighted by Crippen LogP contribution is -2.26. The van der Waals surface area contributed by atoms with Crippen LogP contribution in [0.15, 0.2) is 18.2 Å². The molecule has 0 spiro atoms. The number of benzene rings is 1. The van der Waals surface area contributed by atoms with Gasteiger partial charge in [-0.3, -0.25) is 0 Å². The van der Waals surface area contributed by atoms with Crippen molar-refractivity contribution in [2.75, 3.05) is 23.7 Å². The molecule has 1 fully saturated rings. The molecule has 0 atom stereocenters. The molecular weight excluding hydrogens is 208 g/mol. The summed E-state index contributed by atoms with van der Waals surface area (Å²) >= 11 is 0. The fourth-order valence-electron chi connectivity index (χ4n) is 2.76. The molecule has 94 valence electrons. The zero-order valence-corrected chi connectivity index (χ0v) is 11.3. The average molecular weight is 232 g/mol. The lowest BCUT2D eigenvalue weighted by Gasteiger charge is -2.27. The van der Waals surface area contributed by atoms with Crippen LogP contribution >= 0.6 is 0 Å². The van der Waals surface area contributed by atoms with Gasteiger partial charge in [0.05, 0.1) is 11.4 Å². The Kier molecular flexibility index (Phi) is 3.32. The first-order chi connectivity index (χ1) is 7.99. The van der Waals surface area contributed by atoms with E-state index >= 15 is 0 Å². The van der Waals surface area contributed by atoms with E-state index in [0.29, 0.717) is 5.41 Å². The highest BCUT2D eigenvalue weighted by Gasteiger charge is 2.24. The third-order valence-electron chi connectivity index (χ3n) is 3.93. The van der Waals surface area contributed by atoms with Crippen molar-refractivity contribution in [2.45, 2.75) is 40.0 Å². The van der Waals surface area contributed by atoms with Crippen molar-refractivity contribution in [3.05, 3.63) is 23.8 Å². The van der Waals surface area contributed by atoms with Crippen LogP contribution in [0.3, 0.4) is 0 Å². The average Bonchev–Trinajstić information content (AvgIpc) is 2.40. The monoisotopic (exact) mass is 232 g/mol. The van der Waals surface area contributed by atoms with Crippen molar-refractivity contribution in [1.29, 1.82) is 0 Å². The second kappa shape index (κ2) is 4.59. The SMILES string of the molecule is Cc1cccc(N)c1N1CCCC(C)(C)CC1. The van der Waals surface area contributed by atoms with Crippen LogP contribution in [-0.4, -0.2) is 13.1 Å². The van der Waals surface area contributed by atoms with Gasteiger partial charge in [0.25, 0.3) is 0 Å². The number of para-hydroxylation sites is 1. The summed E-state index contributed by atoms with van der Waals surface area (Å²) in [4.78, 5) is 2.47. The molecule has 1 saturated heterocycles. The quantitative estimate of drug-likeness (QED) is 0.750. The number of rotatable bonds is 1. The second-order valence-corrected chi connectivity index (χ2v) is 6.02. The maximum Gasteiger partial charge on any atom is 0.0629 e. The van der Waals surface area contributed by atoms with Gasteiger partial charge in [-0.05, 0) is 43.2 Å². The largest absolute Gasteiger partial charge is 0.397 e. The molecule has 1 aliphatic heterocycles. The van der Waals surface area contributed by atoms with Crippen LogP contribution in [0.5, 0.6) is 0 Å². The van der Waals surface area contributed by atoms with E-state index in [1.807, 2.05) is 12.1 Å². The standard InChI is InChI=1S/C15H24N2/c1-12-6-4-7-13(16)14(12)17-10-5-8-15(2,3)9-11-17/h4,6-7H,5,8-11,16H2,1-3H3. The van der Waals surface area contributed by atoms with Crippen molar-refractivity contribution >= 4 is 11.4 Å². The number of aryl methyl sites for hydroxylation is 1. The number of hydrogen-bond acceptors (Lipinski definition) is 2. The first-order valence-electron chi connectivity index (χ1n) is 6.60. The Bertz CT molecular complexity index is 376. The highest BCUT2D eigenvalue weighted by Crippen LogP contribution is 2.34. The predicted molar refractivity (Wildman–Crippen MR) is 75.4 cm³/mol. The fraction of sp³-hybridized carbons (Fsp3) is 0.600. The first kappa shape index (κ1) is 12.3. The van der Waals surface area contributed by atoms with Crippen LogP contribution in [0.25, 0.3) is 0 Å². The maximum absolute atomic E-state index is 6.13. The van der Waals surface area contributed by atoms with Crippen molar-refractivity contribution in [1.82, 2.24) is 0 Å². The van der Waals surface area contributed by atoms with E-state index < -0.39 is 0 Å². The van der Waals surface area contributed by atoms with Crippen LogP contribution in [0, 0.1) is 12.3 Å². The molecule has 0 unspecified atom stereocenters. The molecule has 2 rings (SSSR count). The van der Waals surface area contributed by atoms with E-state index in [-0.39, 0.29) is 0 Å². The minimum absolute atomic E-state index is 0.478.